The molecule has 0 amide bonds. The fourth-order valence-corrected chi connectivity index (χ4v) is 4.81. The molecule has 2 aromatic rings. The molecule has 0 aliphatic carbocycles. The summed E-state index contributed by atoms with van der Waals surface area (Å²) in [4.78, 5) is 0.324. The van der Waals surface area contributed by atoms with Crippen LogP contribution in [0.2, 0.25) is 0 Å². The standard InChI is InChI=1S/C19H23NO4S/c1-15-8-10-17(11-9-15)25(21,22)20-18(19(20)13-24-14-23-2)12-16-6-4-3-5-7-16/h3-11,18-19H,12-14H2,1-2H3/t18-,19-,20?/m0/s1. The maximum Gasteiger partial charge on any atom is 0.243 e. The van der Waals surface area contributed by atoms with Crippen LogP contribution in [0.25, 0.3) is 0 Å². The Morgan fingerprint density at radius 1 is 1.00 bits per heavy atom. The second-order valence-electron chi connectivity index (χ2n) is 6.25. The van der Waals surface area contributed by atoms with E-state index < -0.39 is 10.0 Å². The molecule has 0 radical (unpaired) electrons. The average molecular weight is 361 g/mol. The zero-order chi connectivity index (χ0) is 17.9. The number of nitrogens with zero attached hydrogens (tertiary/aromatic N) is 1. The van der Waals surface area contributed by atoms with Gasteiger partial charge in [0.1, 0.15) is 6.79 Å². The minimum Gasteiger partial charge on any atom is -0.359 e. The van der Waals surface area contributed by atoms with Gasteiger partial charge in [-0.1, -0.05) is 48.0 Å². The van der Waals surface area contributed by atoms with Gasteiger partial charge in [-0.05, 0) is 31.0 Å². The van der Waals surface area contributed by atoms with Gasteiger partial charge in [-0.15, -0.1) is 0 Å². The molecule has 1 fully saturated rings. The third kappa shape index (κ3) is 4.10. The summed E-state index contributed by atoms with van der Waals surface area (Å²) in [6.45, 7) is 2.43. The van der Waals surface area contributed by atoms with Crippen LogP contribution in [0.5, 0.6) is 0 Å². The number of aryl methyl sites for hydroxylation is 1. The van der Waals surface area contributed by atoms with E-state index in [2.05, 4.69) is 0 Å². The quantitative estimate of drug-likeness (QED) is 0.412. The van der Waals surface area contributed by atoms with Gasteiger partial charge in [-0.3, -0.25) is 0 Å². The summed E-state index contributed by atoms with van der Waals surface area (Å²) < 4.78 is 37.9. The number of benzene rings is 2. The Morgan fingerprint density at radius 2 is 1.68 bits per heavy atom. The van der Waals surface area contributed by atoms with Crippen molar-refractivity contribution in [3.8, 4) is 0 Å². The van der Waals surface area contributed by atoms with E-state index in [0.29, 0.717) is 17.9 Å². The Morgan fingerprint density at radius 3 is 2.32 bits per heavy atom. The summed E-state index contributed by atoms with van der Waals surface area (Å²) in [5.41, 5.74) is 2.15. The molecule has 1 heterocycles. The zero-order valence-electron chi connectivity index (χ0n) is 14.5. The van der Waals surface area contributed by atoms with E-state index in [4.69, 9.17) is 9.47 Å². The van der Waals surface area contributed by atoms with Crippen LogP contribution in [-0.2, 0) is 25.9 Å². The molecule has 1 aliphatic rings. The SMILES string of the molecule is COCOC[C@H]1[C@H](Cc2ccccc2)N1S(=O)(=O)c1ccc(C)cc1. The van der Waals surface area contributed by atoms with Crippen molar-refractivity contribution in [2.75, 3.05) is 20.5 Å². The lowest BCUT2D eigenvalue weighted by Gasteiger charge is -2.08. The molecule has 1 unspecified atom stereocenters. The lowest BCUT2D eigenvalue weighted by atomic mass is 10.1. The molecule has 25 heavy (non-hydrogen) atoms. The van der Waals surface area contributed by atoms with Crippen LogP contribution < -0.4 is 0 Å². The average Bonchev–Trinajstić information content (AvgIpc) is 3.29. The second kappa shape index (κ2) is 7.66. The predicted octanol–water partition coefficient (Wildman–Crippen LogP) is 2.60. The summed E-state index contributed by atoms with van der Waals surface area (Å²) in [5.74, 6) is 0. The molecule has 1 saturated heterocycles. The number of hydrogen-bond donors (Lipinski definition) is 0. The third-order valence-electron chi connectivity index (χ3n) is 4.38. The minimum atomic E-state index is -3.53. The molecular weight excluding hydrogens is 338 g/mol. The molecule has 0 bridgehead atoms. The van der Waals surface area contributed by atoms with Crippen molar-refractivity contribution < 1.29 is 17.9 Å². The van der Waals surface area contributed by atoms with Crippen molar-refractivity contribution in [1.82, 2.24) is 4.31 Å². The summed E-state index contributed by atoms with van der Waals surface area (Å²) in [5, 5.41) is 0. The molecule has 6 heteroatoms. The zero-order valence-corrected chi connectivity index (χ0v) is 15.3. The van der Waals surface area contributed by atoms with Crippen molar-refractivity contribution in [2.45, 2.75) is 30.3 Å². The fourth-order valence-electron chi connectivity index (χ4n) is 3.02. The largest absolute Gasteiger partial charge is 0.359 e. The second-order valence-corrected chi connectivity index (χ2v) is 8.09. The molecule has 5 nitrogen and oxygen atoms in total. The van der Waals surface area contributed by atoms with Gasteiger partial charge in [0, 0.05) is 13.2 Å². The van der Waals surface area contributed by atoms with Crippen LogP contribution in [0.15, 0.2) is 59.5 Å². The van der Waals surface area contributed by atoms with E-state index in [0.717, 1.165) is 11.1 Å². The fraction of sp³-hybridized carbons (Fsp3) is 0.368. The molecule has 3 atom stereocenters. The highest BCUT2D eigenvalue weighted by Crippen LogP contribution is 2.38. The number of methoxy groups -OCH3 is 1. The van der Waals surface area contributed by atoms with Crippen molar-refractivity contribution in [1.29, 1.82) is 0 Å². The molecule has 1 aliphatic heterocycles. The molecule has 0 aromatic heterocycles. The van der Waals surface area contributed by atoms with E-state index >= 15 is 0 Å². The molecule has 134 valence electrons. The normalized spacial score (nSPS) is 22.7. The minimum absolute atomic E-state index is 0.0921. The van der Waals surface area contributed by atoms with Crippen LogP contribution in [0, 0.1) is 6.92 Å². The highest BCUT2D eigenvalue weighted by molar-refractivity contribution is 7.89. The highest BCUT2D eigenvalue weighted by atomic mass is 32.2. The smallest absolute Gasteiger partial charge is 0.243 e. The van der Waals surface area contributed by atoms with E-state index in [1.165, 1.54) is 0 Å². The summed E-state index contributed by atoms with van der Waals surface area (Å²) in [6.07, 6.45) is 0.674. The predicted molar refractivity (Wildman–Crippen MR) is 95.8 cm³/mol. The number of rotatable bonds is 8. The first kappa shape index (κ1) is 18.1. The van der Waals surface area contributed by atoms with Gasteiger partial charge in [0.2, 0.25) is 10.0 Å². The first-order chi connectivity index (χ1) is 12.0. The molecule has 0 spiro atoms. The van der Waals surface area contributed by atoms with Crippen LogP contribution >= 0.6 is 0 Å². The Bertz CT molecular complexity index is 790. The van der Waals surface area contributed by atoms with Crippen molar-refractivity contribution in [3.63, 3.8) is 0 Å². The highest BCUT2D eigenvalue weighted by Gasteiger charge is 2.55. The Hall–Kier alpha value is -1.73. The summed E-state index contributed by atoms with van der Waals surface area (Å²) in [7, 11) is -1.97. The Labute approximate surface area is 149 Å². The van der Waals surface area contributed by atoms with Crippen LogP contribution in [0.4, 0.5) is 0 Å². The van der Waals surface area contributed by atoms with Gasteiger partial charge >= 0.3 is 0 Å². The maximum absolute atomic E-state index is 13.0. The van der Waals surface area contributed by atoms with E-state index in [-0.39, 0.29) is 18.9 Å². The van der Waals surface area contributed by atoms with Gasteiger partial charge in [-0.25, -0.2) is 8.42 Å². The summed E-state index contributed by atoms with van der Waals surface area (Å²) in [6, 6.07) is 16.6. The lowest BCUT2D eigenvalue weighted by molar-refractivity contribution is -0.0311. The topological polar surface area (TPSA) is 55.6 Å². The first-order valence-electron chi connectivity index (χ1n) is 8.25. The summed E-state index contributed by atoms with van der Waals surface area (Å²) >= 11 is 0. The molecular formula is C19H23NO4S. The van der Waals surface area contributed by atoms with Gasteiger partial charge in [0.25, 0.3) is 0 Å². The lowest BCUT2D eigenvalue weighted by Crippen LogP contribution is -2.18. The molecule has 2 aromatic carbocycles. The van der Waals surface area contributed by atoms with Crippen LogP contribution in [0.1, 0.15) is 11.1 Å². The number of sulfonamides is 1. The number of hydrogen-bond acceptors (Lipinski definition) is 4. The van der Waals surface area contributed by atoms with Crippen LogP contribution in [-0.4, -0.2) is 45.3 Å². The van der Waals surface area contributed by atoms with Crippen molar-refractivity contribution in [2.24, 2.45) is 0 Å². The van der Waals surface area contributed by atoms with E-state index in [9.17, 15) is 8.42 Å². The Balaban J connectivity index is 1.79. The monoisotopic (exact) mass is 361 g/mol. The van der Waals surface area contributed by atoms with E-state index in [1.54, 1.807) is 23.5 Å². The molecule has 0 saturated carbocycles. The van der Waals surface area contributed by atoms with Gasteiger partial charge in [0.15, 0.2) is 0 Å². The molecule has 0 N–H and O–H groups in total. The Kier molecular flexibility index (Phi) is 5.54. The van der Waals surface area contributed by atoms with Gasteiger partial charge in [0.05, 0.1) is 17.5 Å². The third-order valence-corrected chi connectivity index (χ3v) is 6.35. The van der Waals surface area contributed by atoms with Crippen molar-refractivity contribution in [3.05, 3.63) is 65.7 Å². The van der Waals surface area contributed by atoms with E-state index in [1.807, 2.05) is 49.4 Å². The van der Waals surface area contributed by atoms with Gasteiger partial charge in [-0.2, -0.15) is 4.31 Å². The number of ether oxygens (including phenoxy) is 2. The van der Waals surface area contributed by atoms with Gasteiger partial charge < -0.3 is 9.47 Å². The first-order valence-corrected chi connectivity index (χ1v) is 9.69. The van der Waals surface area contributed by atoms with Crippen molar-refractivity contribution >= 4 is 10.0 Å². The molecule has 3 rings (SSSR count). The maximum atomic E-state index is 13.0. The van der Waals surface area contributed by atoms with Crippen LogP contribution in [0.3, 0.4) is 0 Å².